The van der Waals surface area contributed by atoms with Crippen LogP contribution in [0.2, 0.25) is 0 Å². The lowest BCUT2D eigenvalue weighted by molar-refractivity contribution is 0.0992. The number of rotatable bonds is 4. The highest BCUT2D eigenvalue weighted by molar-refractivity contribution is 5.98. The van der Waals surface area contributed by atoms with Crippen LogP contribution in [0.1, 0.15) is 28.5 Å². The molecule has 0 amide bonds. The molecule has 5 nitrogen and oxygen atoms in total. The summed E-state index contributed by atoms with van der Waals surface area (Å²) < 4.78 is 3.39. The molecule has 0 bridgehead atoms. The Morgan fingerprint density at radius 3 is 2.65 bits per heavy atom. The Morgan fingerprint density at radius 1 is 1.29 bits per heavy atom. The quantitative estimate of drug-likeness (QED) is 0.743. The predicted molar refractivity (Wildman–Crippen MR) is 63.8 cm³/mol. The van der Waals surface area contributed by atoms with Crippen LogP contribution in [0.15, 0.2) is 18.6 Å². The molecule has 0 unspecified atom stereocenters. The van der Waals surface area contributed by atoms with Gasteiger partial charge in [0.1, 0.15) is 0 Å². The van der Waals surface area contributed by atoms with Crippen LogP contribution >= 0.6 is 0 Å². The van der Waals surface area contributed by atoms with Crippen LogP contribution in [0, 0.1) is 0 Å². The maximum absolute atomic E-state index is 12.1. The maximum atomic E-state index is 12.1. The Balaban J connectivity index is 2.19. The number of carbonyl (C=O) groups excluding carboxylic acids is 1. The highest BCUT2D eigenvalue weighted by Gasteiger charge is 2.15. The fourth-order valence-corrected chi connectivity index (χ4v) is 1.87. The summed E-state index contributed by atoms with van der Waals surface area (Å²) in [7, 11) is 3.68. The normalized spacial score (nSPS) is 10.8. The lowest BCUT2D eigenvalue weighted by Crippen LogP contribution is -2.04. The fourth-order valence-electron chi connectivity index (χ4n) is 1.87. The van der Waals surface area contributed by atoms with Gasteiger partial charge in [0.2, 0.25) is 0 Å². The van der Waals surface area contributed by atoms with Crippen molar-refractivity contribution in [3.63, 3.8) is 0 Å². The molecule has 17 heavy (non-hydrogen) atoms. The van der Waals surface area contributed by atoms with Gasteiger partial charge in [-0.05, 0) is 12.0 Å². The van der Waals surface area contributed by atoms with E-state index >= 15 is 0 Å². The molecule has 0 atom stereocenters. The van der Waals surface area contributed by atoms with Crippen LogP contribution in [0.5, 0.6) is 0 Å². The van der Waals surface area contributed by atoms with Crippen molar-refractivity contribution < 1.29 is 4.79 Å². The predicted octanol–water partition coefficient (Wildman–Crippen LogP) is 1.14. The topological polar surface area (TPSA) is 52.7 Å². The van der Waals surface area contributed by atoms with Gasteiger partial charge in [0.15, 0.2) is 5.78 Å². The minimum atomic E-state index is 0.1000. The molecule has 0 radical (unpaired) electrons. The van der Waals surface area contributed by atoms with Gasteiger partial charge in [-0.15, -0.1) is 0 Å². The Bertz CT molecular complexity index is 538. The zero-order chi connectivity index (χ0) is 12.4. The van der Waals surface area contributed by atoms with Crippen molar-refractivity contribution >= 4 is 5.78 Å². The standard InChI is InChI=1S/C12H16N4O/c1-4-11-10(8-16(3)14-11)12(17)5-9-6-13-15(2)7-9/h6-8H,4-5H2,1-3H3. The van der Waals surface area contributed by atoms with E-state index in [-0.39, 0.29) is 5.78 Å². The number of hydrogen-bond donors (Lipinski definition) is 0. The van der Waals surface area contributed by atoms with Crippen molar-refractivity contribution in [3.05, 3.63) is 35.4 Å². The highest BCUT2D eigenvalue weighted by atomic mass is 16.1. The number of nitrogens with zero attached hydrogens (tertiary/aromatic N) is 4. The van der Waals surface area contributed by atoms with Crippen molar-refractivity contribution in [3.8, 4) is 0 Å². The molecule has 0 aliphatic heterocycles. The Hall–Kier alpha value is -1.91. The molecule has 0 N–H and O–H groups in total. The number of carbonyl (C=O) groups is 1. The molecule has 2 rings (SSSR count). The maximum Gasteiger partial charge on any atom is 0.170 e. The minimum Gasteiger partial charge on any atom is -0.294 e. The molecule has 2 heterocycles. The minimum absolute atomic E-state index is 0.1000. The number of hydrogen-bond acceptors (Lipinski definition) is 3. The smallest absolute Gasteiger partial charge is 0.170 e. The van der Waals surface area contributed by atoms with Crippen molar-refractivity contribution in [1.82, 2.24) is 19.6 Å². The van der Waals surface area contributed by atoms with Gasteiger partial charge in [0.25, 0.3) is 0 Å². The van der Waals surface area contributed by atoms with E-state index in [0.717, 1.165) is 23.2 Å². The third-order valence-electron chi connectivity index (χ3n) is 2.66. The Labute approximate surface area is 100 Å². The molecule has 0 aromatic carbocycles. The number of aryl methyl sites for hydroxylation is 3. The Morgan fingerprint density at radius 2 is 2.06 bits per heavy atom. The zero-order valence-corrected chi connectivity index (χ0v) is 10.3. The lowest BCUT2D eigenvalue weighted by Gasteiger charge is -1.97. The van der Waals surface area contributed by atoms with E-state index < -0.39 is 0 Å². The van der Waals surface area contributed by atoms with Crippen LogP contribution in [-0.2, 0) is 26.9 Å². The summed E-state index contributed by atoms with van der Waals surface area (Å²) in [6.07, 6.45) is 6.53. The van der Waals surface area contributed by atoms with Gasteiger partial charge < -0.3 is 0 Å². The third kappa shape index (κ3) is 2.43. The monoisotopic (exact) mass is 232 g/mol. The fraction of sp³-hybridized carbons (Fsp3) is 0.417. The van der Waals surface area contributed by atoms with Gasteiger partial charge in [-0.2, -0.15) is 10.2 Å². The van der Waals surface area contributed by atoms with E-state index in [9.17, 15) is 4.79 Å². The van der Waals surface area contributed by atoms with Crippen LogP contribution in [-0.4, -0.2) is 25.3 Å². The summed E-state index contributed by atoms with van der Waals surface area (Å²) in [6.45, 7) is 2.00. The summed E-state index contributed by atoms with van der Waals surface area (Å²) in [5.41, 5.74) is 2.52. The molecule has 0 saturated carbocycles. The van der Waals surface area contributed by atoms with Gasteiger partial charge in [-0.1, -0.05) is 6.92 Å². The molecule has 90 valence electrons. The first-order valence-corrected chi connectivity index (χ1v) is 5.63. The summed E-state index contributed by atoms with van der Waals surface area (Å²) in [4.78, 5) is 12.1. The van der Waals surface area contributed by atoms with Gasteiger partial charge >= 0.3 is 0 Å². The van der Waals surface area contributed by atoms with Gasteiger partial charge in [-0.25, -0.2) is 0 Å². The van der Waals surface area contributed by atoms with Crippen LogP contribution < -0.4 is 0 Å². The van der Waals surface area contributed by atoms with Crippen molar-refractivity contribution in [2.75, 3.05) is 0 Å². The molecule has 2 aromatic heterocycles. The van der Waals surface area contributed by atoms with E-state index in [1.54, 1.807) is 21.8 Å². The van der Waals surface area contributed by atoms with Crippen molar-refractivity contribution in [2.24, 2.45) is 14.1 Å². The largest absolute Gasteiger partial charge is 0.294 e. The SMILES string of the molecule is CCc1nn(C)cc1C(=O)Cc1cnn(C)c1. The molecule has 0 spiro atoms. The lowest BCUT2D eigenvalue weighted by atomic mass is 10.1. The molecular weight excluding hydrogens is 216 g/mol. The average molecular weight is 232 g/mol. The average Bonchev–Trinajstić information content (AvgIpc) is 2.84. The summed E-state index contributed by atoms with van der Waals surface area (Å²) in [5.74, 6) is 0.1000. The van der Waals surface area contributed by atoms with Crippen LogP contribution in [0.4, 0.5) is 0 Å². The third-order valence-corrected chi connectivity index (χ3v) is 2.66. The molecular formula is C12H16N4O. The van der Waals surface area contributed by atoms with Crippen molar-refractivity contribution in [1.29, 1.82) is 0 Å². The first-order valence-electron chi connectivity index (χ1n) is 5.63. The van der Waals surface area contributed by atoms with E-state index in [1.165, 1.54) is 0 Å². The summed E-state index contributed by atoms with van der Waals surface area (Å²) >= 11 is 0. The van der Waals surface area contributed by atoms with Crippen LogP contribution in [0.25, 0.3) is 0 Å². The first-order chi connectivity index (χ1) is 8.10. The number of aromatic nitrogens is 4. The second-order valence-electron chi connectivity index (χ2n) is 4.14. The van der Waals surface area contributed by atoms with Gasteiger partial charge in [-0.3, -0.25) is 14.2 Å². The van der Waals surface area contributed by atoms with Gasteiger partial charge in [0, 0.05) is 32.9 Å². The van der Waals surface area contributed by atoms with Crippen LogP contribution in [0.3, 0.4) is 0 Å². The molecule has 0 fully saturated rings. The van der Waals surface area contributed by atoms with Gasteiger partial charge in [0.05, 0.1) is 17.5 Å². The van der Waals surface area contributed by atoms with E-state index in [0.29, 0.717) is 6.42 Å². The summed E-state index contributed by atoms with van der Waals surface area (Å²) in [5, 5.41) is 8.33. The molecule has 0 saturated heterocycles. The molecule has 0 aliphatic carbocycles. The second kappa shape index (κ2) is 4.53. The van der Waals surface area contributed by atoms with E-state index in [4.69, 9.17) is 0 Å². The highest BCUT2D eigenvalue weighted by Crippen LogP contribution is 2.11. The zero-order valence-electron chi connectivity index (χ0n) is 10.3. The summed E-state index contributed by atoms with van der Waals surface area (Å²) in [6, 6.07) is 0. The van der Waals surface area contributed by atoms with Crippen molar-refractivity contribution in [2.45, 2.75) is 19.8 Å². The number of Topliss-reactive ketones (excluding diaryl/α,β-unsaturated/α-hetero) is 1. The molecule has 2 aromatic rings. The first kappa shape index (κ1) is 11.6. The number of ketones is 1. The Kier molecular flexibility index (Phi) is 3.08. The molecule has 5 heteroatoms. The second-order valence-corrected chi connectivity index (χ2v) is 4.14. The van der Waals surface area contributed by atoms with E-state index in [2.05, 4.69) is 10.2 Å². The molecule has 0 aliphatic rings. The van der Waals surface area contributed by atoms with E-state index in [1.807, 2.05) is 27.2 Å².